The van der Waals surface area contributed by atoms with Crippen LogP contribution in [0.5, 0.6) is 11.5 Å². The van der Waals surface area contributed by atoms with Gasteiger partial charge in [-0.15, -0.1) is 0 Å². The molecule has 0 saturated carbocycles. The van der Waals surface area contributed by atoms with Crippen LogP contribution in [0.3, 0.4) is 0 Å². The zero-order valence-corrected chi connectivity index (χ0v) is 19.1. The minimum atomic E-state index is 0.144. The van der Waals surface area contributed by atoms with Crippen molar-refractivity contribution in [2.75, 3.05) is 13.2 Å². The van der Waals surface area contributed by atoms with Gasteiger partial charge < -0.3 is 9.47 Å². The molecule has 32 heavy (non-hydrogen) atoms. The van der Waals surface area contributed by atoms with Crippen LogP contribution in [0.15, 0.2) is 54.7 Å². The number of pyridine rings is 1. The van der Waals surface area contributed by atoms with E-state index in [1.807, 2.05) is 6.20 Å². The molecule has 1 fully saturated rings. The predicted octanol–water partition coefficient (Wildman–Crippen LogP) is 7.64. The van der Waals surface area contributed by atoms with Crippen molar-refractivity contribution in [2.45, 2.75) is 46.0 Å². The maximum atomic E-state index is 6.79. The molecule has 1 saturated heterocycles. The molecule has 162 valence electrons. The van der Waals surface area contributed by atoms with Gasteiger partial charge in [-0.1, -0.05) is 51.1 Å². The molecule has 3 heterocycles. The number of nitrogens with zero attached hydrogens (tertiary/aromatic N) is 1. The minimum absolute atomic E-state index is 0.144. The Kier molecular flexibility index (Phi) is 4.51. The van der Waals surface area contributed by atoms with Crippen molar-refractivity contribution in [3.8, 4) is 22.8 Å². The lowest BCUT2D eigenvalue weighted by Crippen LogP contribution is -2.15. The molecule has 1 aromatic heterocycles. The van der Waals surface area contributed by atoms with E-state index in [1.54, 1.807) is 0 Å². The van der Waals surface area contributed by atoms with Crippen molar-refractivity contribution in [1.82, 2.24) is 4.98 Å². The van der Waals surface area contributed by atoms with Gasteiger partial charge in [0, 0.05) is 30.5 Å². The molecule has 2 aliphatic rings. The zero-order valence-electron chi connectivity index (χ0n) is 19.1. The third kappa shape index (κ3) is 3.27. The Bertz CT molecular complexity index is 1340. The lowest BCUT2D eigenvalue weighted by atomic mass is 9.83. The third-order valence-electron chi connectivity index (χ3n) is 6.82. The number of benzene rings is 3. The molecule has 2 aliphatic heterocycles. The van der Waals surface area contributed by atoms with Gasteiger partial charge in [0.1, 0.15) is 11.5 Å². The lowest BCUT2D eigenvalue weighted by Gasteiger charge is -2.29. The highest BCUT2D eigenvalue weighted by Gasteiger charge is 2.28. The molecule has 3 nitrogen and oxygen atoms in total. The van der Waals surface area contributed by atoms with Crippen LogP contribution in [0, 0.1) is 5.41 Å². The maximum absolute atomic E-state index is 6.79. The lowest BCUT2D eigenvalue weighted by molar-refractivity contribution is 0.0853. The van der Waals surface area contributed by atoms with Crippen LogP contribution in [0.1, 0.15) is 50.7 Å². The Balaban J connectivity index is 1.61. The molecule has 0 bridgehead atoms. The molecular weight excluding hydrogens is 394 g/mol. The predicted molar refractivity (Wildman–Crippen MR) is 131 cm³/mol. The van der Waals surface area contributed by atoms with Crippen LogP contribution in [0.2, 0.25) is 0 Å². The maximum Gasteiger partial charge on any atom is 0.140 e. The Labute approximate surface area is 189 Å². The Morgan fingerprint density at radius 1 is 0.969 bits per heavy atom. The van der Waals surface area contributed by atoms with Crippen molar-refractivity contribution in [3.63, 3.8) is 0 Å². The Hall–Kier alpha value is -2.91. The molecule has 0 unspecified atom stereocenters. The summed E-state index contributed by atoms with van der Waals surface area (Å²) < 4.78 is 12.4. The van der Waals surface area contributed by atoms with Gasteiger partial charge in [0.05, 0.1) is 11.1 Å². The first-order valence-corrected chi connectivity index (χ1v) is 11.7. The summed E-state index contributed by atoms with van der Waals surface area (Å²) >= 11 is 0. The van der Waals surface area contributed by atoms with Gasteiger partial charge >= 0.3 is 0 Å². The summed E-state index contributed by atoms with van der Waals surface area (Å²) in [6, 6.07) is 17.6. The van der Waals surface area contributed by atoms with Gasteiger partial charge in [0.2, 0.25) is 0 Å². The summed E-state index contributed by atoms with van der Waals surface area (Å²) in [6.45, 7) is 8.55. The average molecular weight is 424 g/mol. The summed E-state index contributed by atoms with van der Waals surface area (Å²) in [7, 11) is 0. The summed E-state index contributed by atoms with van der Waals surface area (Å²) in [5.74, 6) is 2.46. The topological polar surface area (TPSA) is 31.4 Å². The van der Waals surface area contributed by atoms with E-state index in [1.165, 1.54) is 27.3 Å². The van der Waals surface area contributed by atoms with Gasteiger partial charge in [0.15, 0.2) is 0 Å². The quantitative estimate of drug-likeness (QED) is 0.292. The average Bonchev–Trinajstić information content (AvgIpc) is 2.79. The van der Waals surface area contributed by atoms with E-state index >= 15 is 0 Å². The number of fused-ring (bicyclic) bond motifs is 3. The fraction of sp³-hybridized carbons (Fsp3) is 0.345. The van der Waals surface area contributed by atoms with Crippen LogP contribution < -0.4 is 4.74 Å². The van der Waals surface area contributed by atoms with E-state index < -0.39 is 0 Å². The van der Waals surface area contributed by atoms with E-state index in [0.717, 1.165) is 60.6 Å². The summed E-state index contributed by atoms with van der Waals surface area (Å²) in [5.41, 5.74) is 4.93. The number of aromatic nitrogens is 1. The smallest absolute Gasteiger partial charge is 0.140 e. The molecule has 3 aromatic carbocycles. The Morgan fingerprint density at radius 3 is 2.59 bits per heavy atom. The standard InChI is InChI=1S/C29H29NO2/c1-29(2,3)17-24-22-7-5-4-6-19(22)15-23-27-26-20(8-11-30-27)14-21(16-25(26)32-28(23)24)18-9-12-31-13-10-18/h4-8,11,14-16,18H,9-10,12-13,17H2,1-3H3. The van der Waals surface area contributed by atoms with Crippen LogP contribution in [0.25, 0.3) is 32.8 Å². The molecule has 6 rings (SSSR count). The normalized spacial score (nSPS) is 16.2. The number of hydrogen-bond acceptors (Lipinski definition) is 3. The largest absolute Gasteiger partial charge is 0.456 e. The monoisotopic (exact) mass is 423 g/mol. The Morgan fingerprint density at radius 2 is 1.78 bits per heavy atom. The molecule has 0 amide bonds. The first kappa shape index (κ1) is 19.8. The molecule has 0 aliphatic carbocycles. The van der Waals surface area contributed by atoms with Crippen molar-refractivity contribution in [3.05, 3.63) is 65.9 Å². The van der Waals surface area contributed by atoms with Gasteiger partial charge in [-0.25, -0.2) is 0 Å². The van der Waals surface area contributed by atoms with Crippen LogP contribution >= 0.6 is 0 Å². The molecule has 3 heteroatoms. The van der Waals surface area contributed by atoms with Gasteiger partial charge in [-0.2, -0.15) is 0 Å². The first-order valence-electron chi connectivity index (χ1n) is 11.7. The highest BCUT2D eigenvalue weighted by Crippen LogP contribution is 2.51. The van der Waals surface area contributed by atoms with Crippen molar-refractivity contribution < 1.29 is 9.47 Å². The van der Waals surface area contributed by atoms with Crippen molar-refractivity contribution >= 4 is 21.5 Å². The zero-order chi connectivity index (χ0) is 21.9. The van der Waals surface area contributed by atoms with E-state index in [4.69, 9.17) is 14.5 Å². The molecule has 0 N–H and O–H groups in total. The fourth-order valence-electron chi connectivity index (χ4n) is 5.36. The molecule has 0 atom stereocenters. The highest BCUT2D eigenvalue weighted by molar-refractivity contribution is 6.06. The van der Waals surface area contributed by atoms with E-state index in [0.29, 0.717) is 5.92 Å². The molecule has 0 spiro atoms. The molecular formula is C29H29NO2. The highest BCUT2D eigenvalue weighted by atomic mass is 16.5. The summed E-state index contributed by atoms with van der Waals surface area (Å²) in [6.07, 6.45) is 5.03. The van der Waals surface area contributed by atoms with Crippen LogP contribution in [-0.4, -0.2) is 18.2 Å². The first-order chi connectivity index (χ1) is 15.5. The van der Waals surface area contributed by atoms with Crippen molar-refractivity contribution in [1.29, 1.82) is 0 Å². The fourth-order valence-corrected chi connectivity index (χ4v) is 5.36. The second kappa shape index (κ2) is 7.31. The summed E-state index contributed by atoms with van der Waals surface area (Å²) in [5, 5.41) is 4.87. The van der Waals surface area contributed by atoms with Crippen molar-refractivity contribution in [2.24, 2.45) is 5.41 Å². The van der Waals surface area contributed by atoms with Gasteiger partial charge in [0.25, 0.3) is 0 Å². The third-order valence-corrected chi connectivity index (χ3v) is 6.82. The minimum Gasteiger partial charge on any atom is -0.456 e. The second-order valence-corrected chi connectivity index (χ2v) is 10.5. The van der Waals surface area contributed by atoms with Crippen LogP contribution in [-0.2, 0) is 11.2 Å². The number of hydrogen-bond donors (Lipinski definition) is 0. The van der Waals surface area contributed by atoms with E-state index in [-0.39, 0.29) is 5.41 Å². The van der Waals surface area contributed by atoms with E-state index in [2.05, 4.69) is 69.3 Å². The second-order valence-electron chi connectivity index (χ2n) is 10.5. The van der Waals surface area contributed by atoms with Crippen LogP contribution in [0.4, 0.5) is 0 Å². The SMILES string of the molecule is CC(C)(C)Cc1c2c(cc3ccccc13)-c1nccc3cc(C4CCOCC4)cc(c13)O2. The van der Waals surface area contributed by atoms with E-state index in [9.17, 15) is 0 Å². The van der Waals surface area contributed by atoms with Gasteiger partial charge in [-0.05, 0) is 70.5 Å². The molecule has 0 radical (unpaired) electrons. The summed E-state index contributed by atoms with van der Waals surface area (Å²) in [4.78, 5) is 4.87. The number of ether oxygens (including phenoxy) is 2. The molecule has 4 aromatic rings. The number of rotatable bonds is 2. The van der Waals surface area contributed by atoms with Gasteiger partial charge in [-0.3, -0.25) is 4.98 Å².